The van der Waals surface area contributed by atoms with Crippen LogP contribution in [0.5, 0.6) is 0 Å². The molecule has 0 aromatic heterocycles. The van der Waals surface area contributed by atoms with Crippen LogP contribution in [0.4, 0.5) is 0 Å². The third-order valence-corrected chi connectivity index (χ3v) is 4.12. The summed E-state index contributed by atoms with van der Waals surface area (Å²) in [5, 5.41) is 15.1. The Hall–Kier alpha value is -1.10. The van der Waals surface area contributed by atoms with Gasteiger partial charge < -0.3 is 15.7 Å². The molecule has 110 valence electrons. The van der Waals surface area contributed by atoms with Gasteiger partial charge in [-0.05, 0) is 37.8 Å². The molecule has 0 aromatic rings. The first kappa shape index (κ1) is 16.0. The first-order valence-electron chi connectivity index (χ1n) is 7.01. The Morgan fingerprint density at radius 2 is 2.00 bits per heavy atom. The number of carboxylic acid groups (broad SMARTS) is 1. The average Bonchev–Trinajstić information content (AvgIpc) is 2.35. The molecule has 0 spiro atoms. The summed E-state index contributed by atoms with van der Waals surface area (Å²) in [6.07, 6.45) is 2.07. The molecule has 5 heteroatoms. The second kappa shape index (κ2) is 6.37. The fourth-order valence-corrected chi connectivity index (χ4v) is 2.49. The monoisotopic (exact) mass is 270 g/mol. The number of aliphatic carboxylic acids is 1. The fraction of sp³-hybridized carbons (Fsp3) is 0.857. The molecule has 1 saturated heterocycles. The maximum absolute atomic E-state index is 12.4. The number of hydrogen-bond acceptors (Lipinski definition) is 3. The van der Waals surface area contributed by atoms with Crippen molar-refractivity contribution in [2.24, 2.45) is 17.3 Å². The van der Waals surface area contributed by atoms with Crippen molar-refractivity contribution in [1.29, 1.82) is 0 Å². The average molecular weight is 270 g/mol. The lowest BCUT2D eigenvalue weighted by molar-refractivity contribution is -0.145. The molecular formula is C14H26N2O3. The van der Waals surface area contributed by atoms with Gasteiger partial charge in [-0.3, -0.25) is 4.79 Å². The van der Waals surface area contributed by atoms with Gasteiger partial charge in [-0.15, -0.1) is 0 Å². The van der Waals surface area contributed by atoms with Crippen LogP contribution in [0.2, 0.25) is 0 Å². The van der Waals surface area contributed by atoms with E-state index in [-0.39, 0.29) is 17.7 Å². The van der Waals surface area contributed by atoms with Crippen LogP contribution in [0, 0.1) is 17.3 Å². The van der Waals surface area contributed by atoms with E-state index >= 15 is 0 Å². The number of hydrogen-bond donors (Lipinski definition) is 3. The number of carboxylic acids is 1. The molecule has 1 fully saturated rings. The Bertz CT molecular complexity index is 334. The Morgan fingerprint density at radius 3 is 2.42 bits per heavy atom. The van der Waals surface area contributed by atoms with Crippen molar-refractivity contribution in [3.63, 3.8) is 0 Å². The van der Waals surface area contributed by atoms with Gasteiger partial charge in [0, 0.05) is 5.41 Å². The molecule has 0 bridgehead atoms. The summed E-state index contributed by atoms with van der Waals surface area (Å²) in [5.74, 6) is -1.01. The molecule has 1 heterocycles. The maximum atomic E-state index is 12.4. The molecule has 0 aliphatic carbocycles. The van der Waals surface area contributed by atoms with Crippen molar-refractivity contribution in [2.45, 2.75) is 46.6 Å². The normalized spacial score (nSPS) is 22.1. The Balaban J connectivity index is 2.71. The minimum Gasteiger partial charge on any atom is -0.480 e. The van der Waals surface area contributed by atoms with E-state index in [9.17, 15) is 9.59 Å². The van der Waals surface area contributed by atoms with Crippen LogP contribution in [0.1, 0.15) is 40.5 Å². The first-order chi connectivity index (χ1) is 8.76. The molecule has 1 aliphatic heterocycles. The van der Waals surface area contributed by atoms with E-state index in [0.717, 1.165) is 25.9 Å². The van der Waals surface area contributed by atoms with Gasteiger partial charge in [0.05, 0.1) is 0 Å². The van der Waals surface area contributed by atoms with Crippen LogP contribution in [-0.2, 0) is 9.59 Å². The highest BCUT2D eigenvalue weighted by molar-refractivity contribution is 5.87. The molecule has 2 atom stereocenters. The van der Waals surface area contributed by atoms with Crippen LogP contribution >= 0.6 is 0 Å². The van der Waals surface area contributed by atoms with E-state index in [0.29, 0.717) is 0 Å². The van der Waals surface area contributed by atoms with Crippen molar-refractivity contribution in [1.82, 2.24) is 10.6 Å². The summed E-state index contributed by atoms with van der Waals surface area (Å²) in [4.78, 5) is 23.5. The summed E-state index contributed by atoms with van der Waals surface area (Å²) in [6, 6.07) is -0.816. The van der Waals surface area contributed by atoms with E-state index in [2.05, 4.69) is 10.6 Å². The van der Waals surface area contributed by atoms with Crippen molar-refractivity contribution >= 4 is 11.9 Å². The summed E-state index contributed by atoms with van der Waals surface area (Å²) in [5.41, 5.74) is -0.546. The quantitative estimate of drug-likeness (QED) is 0.702. The molecule has 1 unspecified atom stereocenters. The van der Waals surface area contributed by atoms with E-state index in [1.165, 1.54) is 0 Å². The van der Waals surface area contributed by atoms with Gasteiger partial charge in [-0.2, -0.15) is 0 Å². The summed E-state index contributed by atoms with van der Waals surface area (Å²) >= 11 is 0. The van der Waals surface area contributed by atoms with Crippen molar-refractivity contribution < 1.29 is 14.7 Å². The van der Waals surface area contributed by atoms with E-state index in [1.54, 1.807) is 13.8 Å². The van der Waals surface area contributed by atoms with Crippen LogP contribution in [-0.4, -0.2) is 36.1 Å². The van der Waals surface area contributed by atoms with Crippen LogP contribution in [0.25, 0.3) is 0 Å². The van der Waals surface area contributed by atoms with Gasteiger partial charge in [0.1, 0.15) is 6.04 Å². The minimum absolute atomic E-state index is 0.123. The third kappa shape index (κ3) is 3.93. The Morgan fingerprint density at radius 1 is 1.37 bits per heavy atom. The highest BCUT2D eigenvalue weighted by Crippen LogP contribution is 2.32. The van der Waals surface area contributed by atoms with Gasteiger partial charge in [0.2, 0.25) is 5.91 Å². The second-order valence-corrected chi connectivity index (χ2v) is 6.30. The molecule has 0 saturated carbocycles. The number of carbonyl (C=O) groups is 2. The largest absolute Gasteiger partial charge is 0.480 e. The topological polar surface area (TPSA) is 78.4 Å². The Labute approximate surface area is 115 Å². The van der Waals surface area contributed by atoms with E-state index in [1.807, 2.05) is 13.8 Å². The van der Waals surface area contributed by atoms with Gasteiger partial charge in [0.15, 0.2) is 0 Å². The van der Waals surface area contributed by atoms with Crippen LogP contribution in [0.15, 0.2) is 0 Å². The molecule has 3 N–H and O–H groups in total. The molecule has 5 nitrogen and oxygen atoms in total. The van der Waals surface area contributed by atoms with Gasteiger partial charge in [-0.1, -0.05) is 27.7 Å². The number of carbonyl (C=O) groups excluding carboxylic acids is 1. The van der Waals surface area contributed by atoms with E-state index in [4.69, 9.17) is 5.11 Å². The highest BCUT2D eigenvalue weighted by atomic mass is 16.4. The fourth-order valence-electron chi connectivity index (χ4n) is 2.49. The van der Waals surface area contributed by atoms with Crippen molar-refractivity contribution in [2.75, 3.05) is 13.1 Å². The van der Waals surface area contributed by atoms with Crippen molar-refractivity contribution in [3.05, 3.63) is 0 Å². The zero-order chi connectivity index (χ0) is 14.6. The molecular weight excluding hydrogens is 244 g/mol. The maximum Gasteiger partial charge on any atom is 0.326 e. The highest BCUT2D eigenvalue weighted by Gasteiger charge is 2.39. The zero-order valence-electron chi connectivity index (χ0n) is 12.3. The zero-order valence-corrected chi connectivity index (χ0v) is 12.3. The molecule has 1 aliphatic rings. The molecule has 19 heavy (non-hydrogen) atoms. The molecule has 1 rings (SSSR count). The lowest BCUT2D eigenvalue weighted by Crippen LogP contribution is -2.53. The van der Waals surface area contributed by atoms with Crippen LogP contribution in [0.3, 0.4) is 0 Å². The van der Waals surface area contributed by atoms with Crippen LogP contribution < -0.4 is 10.6 Å². The van der Waals surface area contributed by atoms with Gasteiger partial charge in [0.25, 0.3) is 0 Å². The second-order valence-electron chi connectivity index (χ2n) is 6.30. The number of piperidine rings is 1. The summed E-state index contributed by atoms with van der Waals surface area (Å²) < 4.78 is 0. The van der Waals surface area contributed by atoms with Gasteiger partial charge in [-0.25, -0.2) is 4.79 Å². The molecule has 0 aromatic carbocycles. The van der Waals surface area contributed by atoms with Crippen molar-refractivity contribution in [3.8, 4) is 0 Å². The van der Waals surface area contributed by atoms with Gasteiger partial charge >= 0.3 is 5.97 Å². The third-order valence-electron chi connectivity index (χ3n) is 4.12. The molecule has 0 radical (unpaired) electrons. The summed E-state index contributed by atoms with van der Waals surface area (Å²) in [7, 11) is 0. The smallest absolute Gasteiger partial charge is 0.326 e. The first-order valence-corrected chi connectivity index (χ1v) is 7.01. The number of amides is 1. The lowest BCUT2D eigenvalue weighted by Gasteiger charge is -2.37. The number of nitrogens with one attached hydrogen (secondary N) is 2. The SMILES string of the molecule is CC(C)[C@@H](NC(=O)C(C)(C)C1CCCNC1)C(=O)O. The standard InChI is InChI=1S/C14H26N2O3/c1-9(2)11(12(17)18)16-13(19)14(3,4)10-6-5-7-15-8-10/h9-11,15H,5-8H2,1-4H3,(H,16,19)(H,17,18)/t10?,11-/m1/s1. The number of rotatable bonds is 5. The Kier molecular flexibility index (Phi) is 5.35. The minimum atomic E-state index is -0.971. The molecule has 1 amide bonds. The predicted molar refractivity (Wildman–Crippen MR) is 73.8 cm³/mol. The van der Waals surface area contributed by atoms with E-state index < -0.39 is 17.4 Å². The predicted octanol–water partition coefficient (Wildman–Crippen LogP) is 1.24. The lowest BCUT2D eigenvalue weighted by atomic mass is 9.74. The summed E-state index contributed by atoms with van der Waals surface area (Å²) in [6.45, 7) is 9.22.